The summed E-state index contributed by atoms with van der Waals surface area (Å²) in [7, 11) is 0. The number of primary amides is 1. The molecule has 0 saturated heterocycles. The summed E-state index contributed by atoms with van der Waals surface area (Å²) in [4.78, 5) is 11.1. The molecule has 0 bridgehead atoms. The fourth-order valence-electron chi connectivity index (χ4n) is 1.20. The van der Waals surface area contributed by atoms with Crippen molar-refractivity contribution in [2.45, 2.75) is 0 Å². The van der Waals surface area contributed by atoms with E-state index in [4.69, 9.17) is 11.5 Å². The second-order valence-corrected chi connectivity index (χ2v) is 3.00. The third kappa shape index (κ3) is 3.44. The van der Waals surface area contributed by atoms with Gasteiger partial charge in [-0.3, -0.25) is 4.79 Å². The van der Waals surface area contributed by atoms with Crippen molar-refractivity contribution < 1.29 is 4.79 Å². The number of carbonyl (C=O) groups is 1. The predicted molar refractivity (Wildman–Crippen MR) is 61.6 cm³/mol. The normalized spacial score (nSPS) is 10.5. The van der Waals surface area contributed by atoms with E-state index in [1.807, 2.05) is 24.3 Å². The zero-order chi connectivity index (χ0) is 11.1. The minimum Gasteiger partial charge on any atom is -0.381 e. The Labute approximate surface area is 89.0 Å². The molecular formula is C11H15N3O. The first-order valence-corrected chi connectivity index (χ1v) is 4.73. The van der Waals surface area contributed by atoms with Crippen molar-refractivity contribution in [1.29, 1.82) is 0 Å². The van der Waals surface area contributed by atoms with Gasteiger partial charge in [0.15, 0.2) is 0 Å². The van der Waals surface area contributed by atoms with Crippen molar-refractivity contribution in [3.05, 3.63) is 42.0 Å². The number of amides is 1. The molecule has 0 spiro atoms. The molecule has 80 valence electrons. The van der Waals surface area contributed by atoms with E-state index in [0.717, 1.165) is 5.69 Å². The molecule has 5 N–H and O–H groups in total. The van der Waals surface area contributed by atoms with E-state index in [2.05, 4.69) is 5.32 Å². The average Bonchev–Trinajstić information content (AvgIpc) is 2.25. The van der Waals surface area contributed by atoms with Crippen LogP contribution in [0.2, 0.25) is 0 Å². The Morgan fingerprint density at radius 2 is 2.07 bits per heavy atom. The standard InChI is InChI=1S/C11H15N3O/c12-7-3-4-8-14-10-6-2-1-5-9(10)11(13)15/h1-6,14H,7-8,12H2,(H2,13,15)/b4-3+. The molecule has 1 aromatic rings. The number of hydrogen-bond donors (Lipinski definition) is 3. The van der Waals surface area contributed by atoms with Gasteiger partial charge in [0.05, 0.1) is 5.56 Å². The maximum absolute atomic E-state index is 11.1. The smallest absolute Gasteiger partial charge is 0.250 e. The summed E-state index contributed by atoms with van der Waals surface area (Å²) in [5.41, 5.74) is 11.8. The highest BCUT2D eigenvalue weighted by Gasteiger charge is 2.04. The summed E-state index contributed by atoms with van der Waals surface area (Å²) in [6.07, 6.45) is 3.75. The van der Waals surface area contributed by atoms with Gasteiger partial charge >= 0.3 is 0 Å². The molecule has 0 heterocycles. The fraction of sp³-hybridized carbons (Fsp3) is 0.182. The minimum absolute atomic E-state index is 0.430. The van der Waals surface area contributed by atoms with Gasteiger partial charge in [-0.15, -0.1) is 0 Å². The van der Waals surface area contributed by atoms with Crippen LogP contribution in [0, 0.1) is 0 Å². The first kappa shape index (κ1) is 11.3. The third-order valence-corrected chi connectivity index (χ3v) is 1.91. The van der Waals surface area contributed by atoms with Crippen molar-refractivity contribution >= 4 is 11.6 Å². The molecule has 0 aliphatic carbocycles. The number of carbonyl (C=O) groups excluding carboxylic acids is 1. The van der Waals surface area contributed by atoms with Crippen molar-refractivity contribution in [2.24, 2.45) is 11.5 Å². The lowest BCUT2D eigenvalue weighted by Gasteiger charge is -2.07. The van der Waals surface area contributed by atoms with Crippen molar-refractivity contribution in [1.82, 2.24) is 0 Å². The molecule has 0 aliphatic rings. The summed E-state index contributed by atoms with van der Waals surface area (Å²) in [6, 6.07) is 7.14. The van der Waals surface area contributed by atoms with E-state index < -0.39 is 5.91 Å². The number of anilines is 1. The second kappa shape index (κ2) is 5.82. The van der Waals surface area contributed by atoms with E-state index in [0.29, 0.717) is 18.7 Å². The van der Waals surface area contributed by atoms with Gasteiger partial charge < -0.3 is 16.8 Å². The highest BCUT2D eigenvalue weighted by Crippen LogP contribution is 2.13. The lowest BCUT2D eigenvalue weighted by atomic mass is 10.1. The molecule has 1 aromatic carbocycles. The molecule has 15 heavy (non-hydrogen) atoms. The van der Waals surface area contributed by atoms with Gasteiger partial charge in [0.2, 0.25) is 0 Å². The number of para-hydroxylation sites is 1. The summed E-state index contributed by atoms with van der Waals surface area (Å²) in [5, 5.41) is 3.09. The van der Waals surface area contributed by atoms with E-state index in [9.17, 15) is 4.79 Å². The molecule has 0 atom stereocenters. The average molecular weight is 205 g/mol. The summed E-state index contributed by atoms with van der Waals surface area (Å²) in [5.74, 6) is -0.430. The van der Waals surface area contributed by atoms with Crippen LogP contribution >= 0.6 is 0 Å². The molecule has 0 aromatic heterocycles. The topological polar surface area (TPSA) is 81.1 Å². The van der Waals surface area contributed by atoms with Gasteiger partial charge in [-0.05, 0) is 12.1 Å². The molecule has 0 unspecified atom stereocenters. The third-order valence-electron chi connectivity index (χ3n) is 1.91. The molecule has 4 heteroatoms. The Morgan fingerprint density at radius 1 is 1.33 bits per heavy atom. The van der Waals surface area contributed by atoms with Gasteiger partial charge in [-0.25, -0.2) is 0 Å². The van der Waals surface area contributed by atoms with Crippen LogP contribution < -0.4 is 16.8 Å². The lowest BCUT2D eigenvalue weighted by molar-refractivity contribution is 0.100. The first-order valence-electron chi connectivity index (χ1n) is 4.73. The van der Waals surface area contributed by atoms with Crippen molar-refractivity contribution in [3.63, 3.8) is 0 Å². The Hall–Kier alpha value is -1.81. The van der Waals surface area contributed by atoms with Gasteiger partial charge in [0.1, 0.15) is 0 Å². The van der Waals surface area contributed by atoms with Crippen molar-refractivity contribution in [2.75, 3.05) is 18.4 Å². The van der Waals surface area contributed by atoms with Crippen LogP contribution in [0.3, 0.4) is 0 Å². The van der Waals surface area contributed by atoms with Crippen LogP contribution in [-0.2, 0) is 0 Å². The quantitative estimate of drug-likeness (QED) is 0.619. The Kier molecular flexibility index (Phi) is 4.37. The zero-order valence-corrected chi connectivity index (χ0v) is 8.44. The molecule has 0 fully saturated rings. The molecule has 4 nitrogen and oxygen atoms in total. The molecule has 1 amide bonds. The maximum atomic E-state index is 11.1. The number of benzene rings is 1. The molecule has 0 saturated carbocycles. The molecule has 1 rings (SSSR count). The van der Waals surface area contributed by atoms with E-state index in [-0.39, 0.29) is 0 Å². The van der Waals surface area contributed by atoms with Crippen LogP contribution in [0.5, 0.6) is 0 Å². The van der Waals surface area contributed by atoms with Crippen molar-refractivity contribution in [3.8, 4) is 0 Å². The largest absolute Gasteiger partial charge is 0.381 e. The number of nitrogens with two attached hydrogens (primary N) is 2. The van der Waals surface area contributed by atoms with Crippen LogP contribution in [0.25, 0.3) is 0 Å². The Morgan fingerprint density at radius 3 is 2.73 bits per heavy atom. The van der Waals surface area contributed by atoms with Gasteiger partial charge in [-0.1, -0.05) is 24.3 Å². The van der Waals surface area contributed by atoms with Crippen LogP contribution in [0.1, 0.15) is 10.4 Å². The van der Waals surface area contributed by atoms with Crippen LogP contribution in [-0.4, -0.2) is 19.0 Å². The monoisotopic (exact) mass is 205 g/mol. The van der Waals surface area contributed by atoms with E-state index >= 15 is 0 Å². The van der Waals surface area contributed by atoms with Crippen LogP contribution in [0.4, 0.5) is 5.69 Å². The number of hydrogen-bond acceptors (Lipinski definition) is 3. The summed E-state index contributed by atoms with van der Waals surface area (Å²) >= 11 is 0. The van der Waals surface area contributed by atoms with Gasteiger partial charge in [0.25, 0.3) is 5.91 Å². The Bertz CT molecular complexity index is 361. The molecular weight excluding hydrogens is 190 g/mol. The maximum Gasteiger partial charge on any atom is 0.250 e. The second-order valence-electron chi connectivity index (χ2n) is 3.00. The number of rotatable bonds is 5. The van der Waals surface area contributed by atoms with Gasteiger partial charge in [0, 0.05) is 18.8 Å². The van der Waals surface area contributed by atoms with Gasteiger partial charge in [-0.2, -0.15) is 0 Å². The fourth-order valence-corrected chi connectivity index (χ4v) is 1.20. The minimum atomic E-state index is -0.430. The molecule has 0 aliphatic heterocycles. The van der Waals surface area contributed by atoms with E-state index in [1.54, 1.807) is 12.1 Å². The predicted octanol–water partition coefficient (Wildman–Crippen LogP) is 0.712. The van der Waals surface area contributed by atoms with Crippen LogP contribution in [0.15, 0.2) is 36.4 Å². The molecule has 0 radical (unpaired) electrons. The highest BCUT2D eigenvalue weighted by molar-refractivity contribution is 5.98. The Balaban J connectivity index is 2.67. The summed E-state index contributed by atoms with van der Waals surface area (Å²) in [6.45, 7) is 1.14. The SMILES string of the molecule is NC/C=C/CNc1ccccc1C(N)=O. The highest BCUT2D eigenvalue weighted by atomic mass is 16.1. The first-order chi connectivity index (χ1) is 7.25. The summed E-state index contributed by atoms with van der Waals surface area (Å²) < 4.78 is 0. The zero-order valence-electron chi connectivity index (χ0n) is 8.44. The van der Waals surface area contributed by atoms with E-state index in [1.165, 1.54) is 0 Å². The number of nitrogens with one attached hydrogen (secondary N) is 1. The lowest BCUT2D eigenvalue weighted by Crippen LogP contribution is -2.14.